The predicted octanol–water partition coefficient (Wildman–Crippen LogP) is 30.0. The molecule has 0 saturated heterocycles. The molecule has 19 heteroatoms. The zero-order chi connectivity index (χ0) is 84.3. The van der Waals surface area contributed by atoms with E-state index in [1.807, 2.05) is 0 Å². The predicted molar refractivity (Wildman–Crippen MR) is 478 cm³/mol. The lowest BCUT2D eigenvalue weighted by atomic mass is 9.99. The van der Waals surface area contributed by atoms with Gasteiger partial charge >= 0.3 is 39.5 Å². The van der Waals surface area contributed by atoms with Gasteiger partial charge in [-0.25, -0.2) is 9.13 Å². The zero-order valence-electron chi connectivity index (χ0n) is 76.3. The number of ether oxygens (including phenoxy) is 4. The highest BCUT2D eigenvalue weighted by Gasteiger charge is 2.31. The number of esters is 4. The van der Waals surface area contributed by atoms with Crippen LogP contribution in [0.25, 0.3) is 0 Å². The van der Waals surface area contributed by atoms with Gasteiger partial charge in [-0.15, -0.1) is 0 Å². The van der Waals surface area contributed by atoms with Crippen LogP contribution in [0.15, 0.2) is 0 Å². The molecule has 0 rings (SSSR count). The first-order valence-electron chi connectivity index (χ1n) is 49.5. The SMILES string of the molecule is CCCCCCCCCCCC(=O)OC[C@H](COP(=O)(O)OC[C@H](O)COP(=O)(O)OC[C@@H](COC(=O)CCCCCCCCCCCCCCCCCCCCC(C)CC)OC(=O)CCCCCCCCCCCCCCCCCCCCC(C)CC)OC(=O)CCCCCCCCCCCCCCCCCCCCC(C)CC. The van der Waals surface area contributed by atoms with Crippen molar-refractivity contribution in [2.45, 2.75) is 535 Å². The van der Waals surface area contributed by atoms with E-state index in [0.29, 0.717) is 25.7 Å². The van der Waals surface area contributed by atoms with Gasteiger partial charge in [0.1, 0.15) is 19.3 Å². The summed E-state index contributed by atoms with van der Waals surface area (Å²) in [5.41, 5.74) is 0. The summed E-state index contributed by atoms with van der Waals surface area (Å²) in [7, 11) is -9.94. The number of rotatable bonds is 94. The minimum atomic E-state index is -4.97. The van der Waals surface area contributed by atoms with Crippen LogP contribution in [0.4, 0.5) is 0 Å². The van der Waals surface area contributed by atoms with E-state index in [4.69, 9.17) is 37.0 Å². The van der Waals surface area contributed by atoms with E-state index >= 15 is 0 Å². The van der Waals surface area contributed by atoms with Crippen molar-refractivity contribution in [3.05, 3.63) is 0 Å². The van der Waals surface area contributed by atoms with Crippen LogP contribution < -0.4 is 0 Å². The molecule has 0 aromatic heterocycles. The number of carbonyl (C=O) groups is 4. The molecule has 8 atom stereocenters. The Morgan fingerprint density at radius 2 is 0.417 bits per heavy atom. The first-order chi connectivity index (χ1) is 55.8. The maximum atomic E-state index is 13.2. The highest BCUT2D eigenvalue weighted by Crippen LogP contribution is 2.45. The number of hydrogen-bond donors (Lipinski definition) is 3. The molecular formula is C96H188O17P2. The summed E-state index contributed by atoms with van der Waals surface area (Å²) in [6, 6.07) is 0. The maximum absolute atomic E-state index is 13.2. The van der Waals surface area contributed by atoms with E-state index in [-0.39, 0.29) is 25.7 Å². The van der Waals surface area contributed by atoms with Gasteiger partial charge in [-0.3, -0.25) is 37.3 Å². The molecule has 0 aromatic carbocycles. The topological polar surface area (TPSA) is 237 Å². The summed E-state index contributed by atoms with van der Waals surface area (Å²) >= 11 is 0. The van der Waals surface area contributed by atoms with Crippen LogP contribution in [-0.2, 0) is 65.4 Å². The molecule has 0 fully saturated rings. The summed E-state index contributed by atoms with van der Waals surface area (Å²) in [6.45, 7) is 12.2. The Labute approximate surface area is 708 Å². The van der Waals surface area contributed by atoms with E-state index < -0.39 is 97.5 Å². The van der Waals surface area contributed by atoms with Crippen LogP contribution >= 0.6 is 15.6 Å². The summed E-state index contributed by atoms with van der Waals surface area (Å²) in [4.78, 5) is 73.5. The molecule has 0 heterocycles. The normalized spacial score (nSPS) is 14.4. The minimum absolute atomic E-state index is 0.109. The molecule has 0 spiro atoms. The Morgan fingerprint density at radius 1 is 0.243 bits per heavy atom. The van der Waals surface area contributed by atoms with Gasteiger partial charge in [-0.2, -0.15) is 0 Å². The molecule has 3 N–H and O–H groups in total. The van der Waals surface area contributed by atoms with E-state index in [0.717, 1.165) is 108 Å². The largest absolute Gasteiger partial charge is 0.472 e. The molecule has 0 bridgehead atoms. The van der Waals surface area contributed by atoms with Gasteiger partial charge in [0.25, 0.3) is 0 Å². The van der Waals surface area contributed by atoms with Crippen molar-refractivity contribution in [1.82, 2.24) is 0 Å². The van der Waals surface area contributed by atoms with Gasteiger partial charge in [0.2, 0.25) is 0 Å². The zero-order valence-corrected chi connectivity index (χ0v) is 78.1. The Balaban J connectivity index is 5.18. The molecule has 17 nitrogen and oxygen atoms in total. The summed E-state index contributed by atoms with van der Waals surface area (Å²) < 4.78 is 69.1. The van der Waals surface area contributed by atoms with Crippen molar-refractivity contribution in [3.8, 4) is 0 Å². The van der Waals surface area contributed by atoms with Gasteiger partial charge in [0.05, 0.1) is 26.4 Å². The Kier molecular flexibility index (Phi) is 84.2. The lowest BCUT2D eigenvalue weighted by molar-refractivity contribution is -0.161. The minimum Gasteiger partial charge on any atom is -0.462 e. The number of phosphoric ester groups is 2. The first kappa shape index (κ1) is 113. The standard InChI is InChI=1S/C96H188O17P2/c1-8-12-13-14-15-46-56-63-70-77-93(98)106-83-91(112-95(100)79-72-65-58-51-44-38-32-26-20-17-23-29-35-41-48-54-61-68-75-88(6)10-3)85-110-114(102,103)108-81-90(97)82-109-115(104,105)111-86-92(113-96(101)80-73-66-59-52-45-39-33-27-21-18-24-30-36-42-49-55-62-69-76-89(7)11-4)84-107-94(99)78-71-64-57-50-43-37-31-25-19-16-22-28-34-40-47-53-60-67-74-87(5)9-2/h87-92,97H,8-86H2,1-7H3,(H,102,103)(H,104,105)/t87?,88?,89?,90-,91+,92+/m0/s1. The second-order valence-corrected chi connectivity index (χ2v) is 38.1. The number of phosphoric acid groups is 2. The van der Waals surface area contributed by atoms with Crippen LogP contribution in [0, 0.1) is 17.8 Å². The highest BCUT2D eigenvalue weighted by molar-refractivity contribution is 7.47. The fraction of sp³-hybridized carbons (Fsp3) is 0.958. The summed E-state index contributed by atoms with van der Waals surface area (Å²) in [5.74, 6) is 0.522. The van der Waals surface area contributed by atoms with Crippen molar-refractivity contribution in [3.63, 3.8) is 0 Å². The Morgan fingerprint density at radius 3 is 0.617 bits per heavy atom. The lowest BCUT2D eigenvalue weighted by Crippen LogP contribution is -2.30. The quantitative estimate of drug-likeness (QED) is 0.0222. The molecule has 0 amide bonds. The lowest BCUT2D eigenvalue weighted by Gasteiger charge is -2.21. The van der Waals surface area contributed by atoms with Crippen molar-refractivity contribution in [2.75, 3.05) is 39.6 Å². The molecule has 0 aliphatic carbocycles. The van der Waals surface area contributed by atoms with Crippen molar-refractivity contribution in [1.29, 1.82) is 0 Å². The van der Waals surface area contributed by atoms with Crippen LogP contribution in [0.1, 0.15) is 517 Å². The third-order valence-electron chi connectivity index (χ3n) is 23.7. The van der Waals surface area contributed by atoms with Crippen molar-refractivity contribution in [2.24, 2.45) is 17.8 Å². The van der Waals surface area contributed by atoms with Crippen LogP contribution in [-0.4, -0.2) is 96.7 Å². The summed E-state index contributed by atoms with van der Waals surface area (Å²) in [6.07, 6.45) is 80.6. The molecule has 684 valence electrons. The van der Waals surface area contributed by atoms with Gasteiger partial charge in [-0.05, 0) is 43.4 Å². The molecule has 5 unspecified atom stereocenters. The fourth-order valence-corrected chi connectivity index (χ4v) is 16.6. The van der Waals surface area contributed by atoms with Crippen molar-refractivity contribution < 1.29 is 80.2 Å². The molecule has 0 aliphatic rings. The fourth-order valence-electron chi connectivity index (χ4n) is 15.0. The number of unbranched alkanes of at least 4 members (excludes halogenated alkanes) is 59. The maximum Gasteiger partial charge on any atom is 0.472 e. The van der Waals surface area contributed by atoms with E-state index in [1.54, 1.807) is 0 Å². The van der Waals surface area contributed by atoms with E-state index in [2.05, 4.69) is 48.5 Å². The molecule has 0 aromatic rings. The second-order valence-electron chi connectivity index (χ2n) is 35.2. The number of aliphatic hydroxyl groups excluding tert-OH is 1. The van der Waals surface area contributed by atoms with Crippen LogP contribution in [0.2, 0.25) is 0 Å². The molecule has 115 heavy (non-hydrogen) atoms. The summed E-state index contributed by atoms with van der Waals surface area (Å²) in [5, 5.41) is 10.7. The molecule has 0 aliphatic heterocycles. The van der Waals surface area contributed by atoms with E-state index in [9.17, 15) is 43.2 Å². The second kappa shape index (κ2) is 85.6. The Bertz CT molecular complexity index is 2210. The molecule has 0 saturated carbocycles. The van der Waals surface area contributed by atoms with Gasteiger partial charge in [0.15, 0.2) is 12.2 Å². The molecule has 0 radical (unpaired) electrons. The average Bonchev–Trinajstić information content (AvgIpc) is 0.908. The van der Waals surface area contributed by atoms with Crippen LogP contribution in [0.5, 0.6) is 0 Å². The molecular weight excluding hydrogens is 1490 g/mol. The number of hydrogen-bond acceptors (Lipinski definition) is 15. The van der Waals surface area contributed by atoms with Crippen LogP contribution in [0.3, 0.4) is 0 Å². The average molecular weight is 1680 g/mol. The third kappa shape index (κ3) is 85.4. The Hall–Kier alpha value is -1.94. The third-order valence-corrected chi connectivity index (χ3v) is 25.6. The van der Waals surface area contributed by atoms with Gasteiger partial charge in [-0.1, -0.05) is 466 Å². The smallest absolute Gasteiger partial charge is 0.462 e. The monoisotopic (exact) mass is 1680 g/mol. The van der Waals surface area contributed by atoms with Crippen molar-refractivity contribution >= 4 is 39.5 Å². The van der Waals surface area contributed by atoms with Gasteiger partial charge < -0.3 is 33.8 Å². The highest BCUT2D eigenvalue weighted by atomic mass is 31.2. The van der Waals surface area contributed by atoms with Gasteiger partial charge in [0, 0.05) is 25.7 Å². The number of carbonyl (C=O) groups excluding carboxylic acids is 4. The first-order valence-corrected chi connectivity index (χ1v) is 52.5. The van der Waals surface area contributed by atoms with E-state index in [1.165, 1.54) is 327 Å². The number of aliphatic hydroxyl groups is 1.